The molecule has 35 heavy (non-hydrogen) atoms. The zero-order valence-corrected chi connectivity index (χ0v) is 18.5. The Morgan fingerprint density at radius 1 is 0.886 bits per heavy atom. The molecule has 6 rings (SSSR count). The first kappa shape index (κ1) is 21.0. The van der Waals surface area contributed by atoms with Gasteiger partial charge in [-0.3, -0.25) is 24.3 Å². The highest BCUT2D eigenvalue weighted by molar-refractivity contribution is 6.04. The van der Waals surface area contributed by atoms with Crippen molar-refractivity contribution in [1.82, 2.24) is 35.0 Å². The molecular formula is C26H20FN7O. The molecule has 0 saturated heterocycles. The number of benzene rings is 2. The van der Waals surface area contributed by atoms with Gasteiger partial charge in [0.1, 0.15) is 22.9 Å². The molecular weight excluding hydrogens is 445 g/mol. The molecule has 1 aliphatic rings. The number of halogens is 1. The number of hydrogen-bond acceptors (Lipinski definition) is 6. The number of hydrogen-bond donors (Lipinski definition) is 1. The molecule has 0 unspecified atom stereocenters. The number of nitrogens with zero attached hydrogens (tertiary/aromatic N) is 6. The van der Waals surface area contributed by atoms with Crippen molar-refractivity contribution < 1.29 is 9.18 Å². The van der Waals surface area contributed by atoms with E-state index >= 15 is 0 Å². The van der Waals surface area contributed by atoms with Crippen LogP contribution in [-0.2, 0) is 0 Å². The molecule has 0 radical (unpaired) electrons. The number of carbonyl (C=O) groups excluding carboxylic acids is 1. The summed E-state index contributed by atoms with van der Waals surface area (Å²) in [6.45, 7) is 0. The van der Waals surface area contributed by atoms with E-state index in [0.29, 0.717) is 52.5 Å². The molecule has 5 aromatic rings. The van der Waals surface area contributed by atoms with Crippen LogP contribution in [0.3, 0.4) is 0 Å². The lowest BCUT2D eigenvalue weighted by atomic mass is 9.79. The molecule has 1 amide bonds. The Bertz CT molecular complexity index is 1520. The summed E-state index contributed by atoms with van der Waals surface area (Å²) in [5.41, 5.74) is 2.71. The van der Waals surface area contributed by atoms with Crippen LogP contribution in [0.2, 0.25) is 0 Å². The summed E-state index contributed by atoms with van der Waals surface area (Å²) >= 11 is 0. The SMILES string of the molecule is O=C(NC1CC(c2nnc(-c3ccccn3)n2-c2ccccc2F)C1)c1cccc2nccnc12. The Hall–Kier alpha value is -4.53. The van der Waals surface area contributed by atoms with Crippen molar-refractivity contribution in [2.45, 2.75) is 24.8 Å². The molecule has 8 nitrogen and oxygen atoms in total. The van der Waals surface area contributed by atoms with Gasteiger partial charge in [-0.1, -0.05) is 24.3 Å². The average molecular weight is 465 g/mol. The van der Waals surface area contributed by atoms with Crippen molar-refractivity contribution in [3.05, 3.63) is 96.5 Å². The second kappa shape index (κ2) is 8.68. The van der Waals surface area contributed by atoms with Crippen LogP contribution in [-0.4, -0.2) is 41.7 Å². The van der Waals surface area contributed by atoms with Gasteiger partial charge in [0.15, 0.2) is 5.82 Å². The number of fused-ring (bicyclic) bond motifs is 1. The monoisotopic (exact) mass is 465 g/mol. The van der Waals surface area contributed by atoms with E-state index in [1.165, 1.54) is 6.07 Å². The molecule has 0 aliphatic heterocycles. The lowest BCUT2D eigenvalue weighted by molar-refractivity contribution is 0.0908. The van der Waals surface area contributed by atoms with Gasteiger partial charge >= 0.3 is 0 Å². The summed E-state index contributed by atoms with van der Waals surface area (Å²) in [6.07, 6.45) is 6.18. The fourth-order valence-electron chi connectivity index (χ4n) is 4.48. The zero-order chi connectivity index (χ0) is 23.8. The van der Waals surface area contributed by atoms with E-state index in [1.807, 2.05) is 24.3 Å². The van der Waals surface area contributed by atoms with Crippen LogP contribution < -0.4 is 5.32 Å². The average Bonchev–Trinajstić information content (AvgIpc) is 3.30. The Labute approximate surface area is 199 Å². The minimum atomic E-state index is -0.369. The predicted molar refractivity (Wildman–Crippen MR) is 127 cm³/mol. The molecule has 1 saturated carbocycles. The van der Waals surface area contributed by atoms with Crippen molar-refractivity contribution >= 4 is 16.9 Å². The Balaban J connectivity index is 1.26. The van der Waals surface area contributed by atoms with Crippen molar-refractivity contribution in [1.29, 1.82) is 0 Å². The largest absolute Gasteiger partial charge is 0.349 e. The first-order chi connectivity index (χ1) is 17.2. The third-order valence-electron chi connectivity index (χ3n) is 6.26. The third kappa shape index (κ3) is 3.80. The first-order valence-electron chi connectivity index (χ1n) is 11.3. The van der Waals surface area contributed by atoms with E-state index < -0.39 is 0 Å². The van der Waals surface area contributed by atoms with E-state index in [-0.39, 0.29) is 23.7 Å². The van der Waals surface area contributed by atoms with E-state index in [1.54, 1.807) is 53.5 Å². The van der Waals surface area contributed by atoms with Crippen LogP contribution in [0.25, 0.3) is 28.2 Å². The highest BCUT2D eigenvalue weighted by Gasteiger charge is 2.36. The molecule has 9 heteroatoms. The Morgan fingerprint density at radius 3 is 2.54 bits per heavy atom. The number of carbonyl (C=O) groups is 1. The van der Waals surface area contributed by atoms with Gasteiger partial charge in [0.05, 0.1) is 16.8 Å². The Morgan fingerprint density at radius 2 is 1.71 bits per heavy atom. The van der Waals surface area contributed by atoms with Gasteiger partial charge in [-0.15, -0.1) is 10.2 Å². The summed E-state index contributed by atoms with van der Waals surface area (Å²) in [5, 5.41) is 11.9. The summed E-state index contributed by atoms with van der Waals surface area (Å²) in [5.74, 6) is 0.582. The van der Waals surface area contributed by atoms with Crippen LogP contribution in [0.4, 0.5) is 4.39 Å². The summed E-state index contributed by atoms with van der Waals surface area (Å²) in [4.78, 5) is 25.9. The minimum absolute atomic E-state index is 0.0113. The van der Waals surface area contributed by atoms with Crippen molar-refractivity contribution in [2.75, 3.05) is 0 Å². The summed E-state index contributed by atoms with van der Waals surface area (Å²) < 4.78 is 16.6. The molecule has 0 atom stereocenters. The van der Waals surface area contributed by atoms with E-state index in [0.717, 1.165) is 0 Å². The number of amides is 1. The van der Waals surface area contributed by atoms with Gasteiger partial charge in [0.2, 0.25) is 0 Å². The smallest absolute Gasteiger partial charge is 0.253 e. The predicted octanol–water partition coefficient (Wildman–Crippen LogP) is 4.09. The standard InChI is InChI=1S/C26H20FN7O/c27-19-7-1-2-10-22(19)34-24(32-33-25(34)21-8-3-4-11-28-21)16-14-17(15-16)31-26(35)18-6-5-9-20-23(18)30-13-12-29-20/h1-13,16-17H,14-15H2,(H,31,35). The lowest BCUT2D eigenvalue weighted by Gasteiger charge is -2.35. The molecule has 2 aromatic carbocycles. The highest BCUT2D eigenvalue weighted by atomic mass is 19.1. The van der Waals surface area contributed by atoms with Crippen molar-refractivity contribution in [3.8, 4) is 17.2 Å². The maximum atomic E-state index is 14.8. The van der Waals surface area contributed by atoms with Crippen LogP contribution >= 0.6 is 0 Å². The molecule has 1 fully saturated rings. The molecule has 3 heterocycles. The van der Waals surface area contributed by atoms with Crippen LogP contribution in [0, 0.1) is 5.82 Å². The summed E-state index contributed by atoms with van der Waals surface area (Å²) in [6, 6.07) is 17.4. The second-order valence-electron chi connectivity index (χ2n) is 8.45. The van der Waals surface area contributed by atoms with E-state index in [2.05, 4.69) is 30.5 Å². The van der Waals surface area contributed by atoms with Crippen LogP contribution in [0.1, 0.15) is 34.9 Å². The van der Waals surface area contributed by atoms with Gasteiger partial charge in [-0.2, -0.15) is 0 Å². The molecule has 172 valence electrons. The van der Waals surface area contributed by atoms with Crippen LogP contribution in [0.15, 0.2) is 79.3 Å². The van der Waals surface area contributed by atoms with Gasteiger partial charge in [0, 0.05) is 30.6 Å². The molecule has 0 spiro atoms. The Kier molecular flexibility index (Phi) is 5.21. The minimum Gasteiger partial charge on any atom is -0.349 e. The third-order valence-corrected chi connectivity index (χ3v) is 6.26. The molecule has 1 aliphatic carbocycles. The number of rotatable bonds is 5. The summed E-state index contributed by atoms with van der Waals surface area (Å²) in [7, 11) is 0. The lowest BCUT2D eigenvalue weighted by Crippen LogP contribution is -2.44. The first-order valence-corrected chi connectivity index (χ1v) is 11.3. The van der Waals surface area contributed by atoms with Crippen LogP contribution in [0.5, 0.6) is 0 Å². The van der Waals surface area contributed by atoms with E-state index in [9.17, 15) is 9.18 Å². The fourth-order valence-corrected chi connectivity index (χ4v) is 4.48. The number of aromatic nitrogens is 6. The number of para-hydroxylation sites is 2. The molecule has 3 aromatic heterocycles. The van der Waals surface area contributed by atoms with Gasteiger partial charge in [-0.25, -0.2) is 4.39 Å². The number of pyridine rings is 1. The topological polar surface area (TPSA) is 98.5 Å². The highest BCUT2D eigenvalue weighted by Crippen LogP contribution is 2.39. The van der Waals surface area contributed by atoms with Gasteiger partial charge < -0.3 is 5.32 Å². The zero-order valence-electron chi connectivity index (χ0n) is 18.5. The quantitative estimate of drug-likeness (QED) is 0.420. The maximum absolute atomic E-state index is 14.8. The van der Waals surface area contributed by atoms with Crippen molar-refractivity contribution in [3.63, 3.8) is 0 Å². The van der Waals surface area contributed by atoms with Crippen molar-refractivity contribution in [2.24, 2.45) is 0 Å². The fraction of sp³-hybridized carbons (Fsp3) is 0.154. The molecule has 0 bridgehead atoms. The second-order valence-corrected chi connectivity index (χ2v) is 8.45. The number of nitrogens with one attached hydrogen (secondary N) is 1. The maximum Gasteiger partial charge on any atom is 0.253 e. The normalized spacial score (nSPS) is 17.2. The van der Waals surface area contributed by atoms with Gasteiger partial charge in [0.25, 0.3) is 5.91 Å². The van der Waals surface area contributed by atoms with E-state index in [4.69, 9.17) is 0 Å². The molecule has 1 N–H and O–H groups in total. The van der Waals surface area contributed by atoms with Gasteiger partial charge in [-0.05, 0) is 49.2 Å².